The first kappa shape index (κ1) is 9.96. The molecule has 68 valence electrons. The van der Waals surface area contributed by atoms with Crippen molar-refractivity contribution in [3.63, 3.8) is 0 Å². The maximum absolute atomic E-state index is 10.4. The third-order valence-corrected chi connectivity index (χ3v) is 1.89. The summed E-state index contributed by atoms with van der Waals surface area (Å²) >= 11 is 5.85. The maximum Gasteiger partial charge on any atom is 0.150 e. The Hall–Kier alpha value is -1.12. The summed E-state index contributed by atoms with van der Waals surface area (Å²) in [5.74, 6) is 0. The van der Waals surface area contributed by atoms with E-state index in [1.165, 1.54) is 0 Å². The summed E-state index contributed by atoms with van der Waals surface area (Å²) < 4.78 is 0. The van der Waals surface area contributed by atoms with Gasteiger partial charge in [-0.25, -0.2) is 0 Å². The first-order valence-corrected chi connectivity index (χ1v) is 4.18. The number of carbonyl (C=O) groups is 1. The van der Waals surface area contributed by atoms with E-state index in [1.807, 2.05) is 0 Å². The van der Waals surface area contributed by atoms with Gasteiger partial charge in [0, 0.05) is 10.6 Å². The van der Waals surface area contributed by atoms with Gasteiger partial charge in [-0.3, -0.25) is 4.79 Å². The molecule has 0 aliphatic carbocycles. The molecule has 0 unspecified atom stereocenters. The zero-order valence-electron chi connectivity index (χ0n) is 6.90. The number of carbonyl (C=O) groups excluding carboxylic acids is 1. The lowest BCUT2D eigenvalue weighted by Gasteiger charge is -1.98. The molecule has 0 saturated heterocycles. The SMILES string of the molecule is O=Cc1ccc(C=CCO)c(Cl)c1. The predicted octanol–water partition coefficient (Wildman–Crippen LogP) is 2.16. The summed E-state index contributed by atoms with van der Waals surface area (Å²) in [6.45, 7) is -0.0221. The van der Waals surface area contributed by atoms with Crippen molar-refractivity contribution in [2.24, 2.45) is 0 Å². The van der Waals surface area contributed by atoms with Gasteiger partial charge < -0.3 is 5.11 Å². The Kier molecular flexibility index (Phi) is 3.68. The summed E-state index contributed by atoms with van der Waals surface area (Å²) in [6, 6.07) is 5.00. The van der Waals surface area contributed by atoms with Crippen molar-refractivity contribution in [3.8, 4) is 0 Å². The zero-order valence-corrected chi connectivity index (χ0v) is 7.66. The molecule has 0 aromatic heterocycles. The van der Waals surface area contributed by atoms with E-state index >= 15 is 0 Å². The first-order chi connectivity index (χ1) is 6.27. The summed E-state index contributed by atoms with van der Waals surface area (Å²) in [6.07, 6.45) is 4.03. The molecule has 0 amide bonds. The second-order valence-corrected chi connectivity index (χ2v) is 2.89. The Balaban J connectivity index is 2.98. The monoisotopic (exact) mass is 196 g/mol. The summed E-state index contributed by atoms with van der Waals surface area (Å²) in [7, 11) is 0. The first-order valence-electron chi connectivity index (χ1n) is 3.80. The molecule has 3 heteroatoms. The minimum atomic E-state index is -0.0221. The van der Waals surface area contributed by atoms with Crippen LogP contribution in [-0.4, -0.2) is 18.0 Å². The molecule has 13 heavy (non-hydrogen) atoms. The van der Waals surface area contributed by atoms with Gasteiger partial charge in [-0.05, 0) is 11.6 Å². The van der Waals surface area contributed by atoms with Gasteiger partial charge in [0.15, 0.2) is 0 Å². The fraction of sp³-hybridized carbons (Fsp3) is 0.100. The van der Waals surface area contributed by atoms with Gasteiger partial charge in [-0.2, -0.15) is 0 Å². The molecule has 0 heterocycles. The average molecular weight is 197 g/mol. The topological polar surface area (TPSA) is 37.3 Å². The number of halogens is 1. The molecule has 0 bridgehead atoms. The van der Waals surface area contributed by atoms with Crippen LogP contribution in [0.3, 0.4) is 0 Å². The Morgan fingerprint density at radius 1 is 1.46 bits per heavy atom. The van der Waals surface area contributed by atoms with E-state index in [4.69, 9.17) is 16.7 Å². The quantitative estimate of drug-likeness (QED) is 0.753. The largest absolute Gasteiger partial charge is 0.392 e. The Bertz CT molecular complexity index is 332. The Morgan fingerprint density at radius 3 is 2.77 bits per heavy atom. The number of aliphatic hydroxyl groups excluding tert-OH is 1. The molecule has 0 aliphatic rings. The fourth-order valence-corrected chi connectivity index (χ4v) is 1.18. The smallest absolute Gasteiger partial charge is 0.150 e. The second-order valence-electron chi connectivity index (χ2n) is 2.48. The van der Waals surface area contributed by atoms with Crippen molar-refractivity contribution in [3.05, 3.63) is 40.4 Å². The van der Waals surface area contributed by atoms with Crippen molar-refractivity contribution >= 4 is 24.0 Å². The van der Waals surface area contributed by atoms with Crippen molar-refractivity contribution in [2.45, 2.75) is 0 Å². The van der Waals surface area contributed by atoms with E-state index in [0.29, 0.717) is 10.6 Å². The fourth-order valence-electron chi connectivity index (χ4n) is 0.932. The number of aliphatic hydroxyl groups is 1. The summed E-state index contributed by atoms with van der Waals surface area (Å²) in [5, 5.41) is 9.04. The highest BCUT2D eigenvalue weighted by Gasteiger charge is 1.97. The lowest BCUT2D eigenvalue weighted by atomic mass is 10.1. The third-order valence-electron chi connectivity index (χ3n) is 1.56. The molecular formula is C10H9ClO2. The molecule has 0 radical (unpaired) electrons. The van der Waals surface area contributed by atoms with Gasteiger partial charge in [0.05, 0.1) is 6.61 Å². The minimum absolute atomic E-state index is 0.0221. The standard InChI is InChI=1S/C10H9ClO2/c11-10-6-8(7-13)3-4-9(10)2-1-5-12/h1-4,6-7,12H,5H2. The number of aldehydes is 1. The van der Waals surface area contributed by atoms with Crippen molar-refractivity contribution in [1.82, 2.24) is 0 Å². The number of hydrogen-bond acceptors (Lipinski definition) is 2. The van der Waals surface area contributed by atoms with Crippen molar-refractivity contribution in [1.29, 1.82) is 0 Å². The highest BCUT2D eigenvalue weighted by atomic mass is 35.5. The predicted molar refractivity (Wildman–Crippen MR) is 53.0 cm³/mol. The van der Waals surface area contributed by atoms with Gasteiger partial charge in [0.2, 0.25) is 0 Å². The van der Waals surface area contributed by atoms with E-state index in [9.17, 15) is 4.79 Å². The molecule has 1 rings (SSSR count). The number of rotatable bonds is 3. The van der Waals surface area contributed by atoms with Crippen LogP contribution in [-0.2, 0) is 0 Å². The van der Waals surface area contributed by atoms with Crippen LogP contribution in [0.25, 0.3) is 6.08 Å². The third kappa shape index (κ3) is 2.68. The van der Waals surface area contributed by atoms with Crippen molar-refractivity contribution in [2.75, 3.05) is 6.61 Å². The van der Waals surface area contributed by atoms with Gasteiger partial charge in [-0.15, -0.1) is 0 Å². The molecule has 0 spiro atoms. The molecular weight excluding hydrogens is 188 g/mol. The van der Waals surface area contributed by atoms with Crippen molar-refractivity contribution < 1.29 is 9.90 Å². The van der Waals surface area contributed by atoms with Crippen LogP contribution in [0.4, 0.5) is 0 Å². The minimum Gasteiger partial charge on any atom is -0.392 e. The van der Waals surface area contributed by atoms with Crippen LogP contribution < -0.4 is 0 Å². The van der Waals surface area contributed by atoms with Crippen LogP contribution in [0, 0.1) is 0 Å². The van der Waals surface area contributed by atoms with E-state index in [1.54, 1.807) is 30.4 Å². The highest BCUT2D eigenvalue weighted by molar-refractivity contribution is 6.32. The van der Waals surface area contributed by atoms with E-state index in [-0.39, 0.29) is 6.61 Å². The van der Waals surface area contributed by atoms with Crippen LogP contribution in [0.15, 0.2) is 24.3 Å². The zero-order chi connectivity index (χ0) is 9.68. The van der Waals surface area contributed by atoms with Crippen LogP contribution in [0.2, 0.25) is 5.02 Å². The average Bonchev–Trinajstić information content (AvgIpc) is 2.16. The molecule has 0 saturated carbocycles. The lowest BCUT2D eigenvalue weighted by molar-refractivity contribution is 0.112. The number of hydrogen-bond donors (Lipinski definition) is 1. The maximum atomic E-state index is 10.4. The molecule has 0 fully saturated rings. The van der Waals surface area contributed by atoms with Crippen LogP contribution >= 0.6 is 11.6 Å². The van der Waals surface area contributed by atoms with E-state index in [0.717, 1.165) is 11.8 Å². The normalized spacial score (nSPS) is 10.6. The Labute approximate surface area is 81.5 Å². The molecule has 0 aliphatic heterocycles. The molecule has 1 aromatic carbocycles. The number of benzene rings is 1. The lowest BCUT2D eigenvalue weighted by Crippen LogP contribution is -1.82. The van der Waals surface area contributed by atoms with Gasteiger partial charge >= 0.3 is 0 Å². The summed E-state index contributed by atoms with van der Waals surface area (Å²) in [5.41, 5.74) is 1.34. The van der Waals surface area contributed by atoms with Gasteiger partial charge in [0.25, 0.3) is 0 Å². The van der Waals surface area contributed by atoms with Crippen LogP contribution in [0.1, 0.15) is 15.9 Å². The molecule has 1 N–H and O–H groups in total. The summed E-state index contributed by atoms with van der Waals surface area (Å²) in [4.78, 5) is 10.4. The second kappa shape index (κ2) is 4.80. The molecule has 0 atom stereocenters. The molecule has 1 aromatic rings. The van der Waals surface area contributed by atoms with Gasteiger partial charge in [0.1, 0.15) is 6.29 Å². The highest BCUT2D eigenvalue weighted by Crippen LogP contribution is 2.18. The van der Waals surface area contributed by atoms with E-state index < -0.39 is 0 Å². The van der Waals surface area contributed by atoms with Gasteiger partial charge in [-0.1, -0.05) is 35.9 Å². The van der Waals surface area contributed by atoms with Crippen LogP contribution in [0.5, 0.6) is 0 Å². The van der Waals surface area contributed by atoms with E-state index in [2.05, 4.69) is 0 Å². The molecule has 2 nitrogen and oxygen atoms in total. The Morgan fingerprint density at radius 2 is 2.23 bits per heavy atom.